The molecule has 0 fully saturated rings. The van der Waals surface area contributed by atoms with E-state index in [1.165, 1.54) is 12.1 Å². The summed E-state index contributed by atoms with van der Waals surface area (Å²) >= 11 is 25.1. The van der Waals surface area contributed by atoms with Gasteiger partial charge in [-0.3, -0.25) is 9.59 Å². The Kier molecular flexibility index (Phi) is 11.8. The van der Waals surface area contributed by atoms with Crippen LogP contribution in [0.2, 0.25) is 20.1 Å². The van der Waals surface area contributed by atoms with Crippen LogP contribution in [0.3, 0.4) is 0 Å². The molecule has 0 atom stereocenters. The van der Waals surface area contributed by atoms with Gasteiger partial charge in [0, 0.05) is 23.1 Å². The third-order valence-electron chi connectivity index (χ3n) is 8.78. The van der Waals surface area contributed by atoms with Crippen molar-refractivity contribution in [2.45, 2.75) is 4.90 Å². The summed E-state index contributed by atoms with van der Waals surface area (Å²) in [5.41, 5.74) is 5.93. The molecule has 2 amide bonds. The lowest BCUT2D eigenvalue weighted by Crippen LogP contribution is -2.12. The van der Waals surface area contributed by atoms with E-state index in [0.717, 1.165) is 6.26 Å². The highest BCUT2D eigenvalue weighted by atomic mass is 35.5. The maximum absolute atomic E-state index is 12.7. The van der Waals surface area contributed by atoms with E-state index in [0.29, 0.717) is 93.2 Å². The van der Waals surface area contributed by atoms with Crippen molar-refractivity contribution in [3.63, 3.8) is 0 Å². The second kappa shape index (κ2) is 16.9. The Morgan fingerprint density at radius 3 is 1.53 bits per heavy atom. The average Bonchev–Trinajstić information content (AvgIpc) is 3.81. The number of halogens is 4. The summed E-state index contributed by atoms with van der Waals surface area (Å²) in [6.45, 7) is 0. The van der Waals surface area contributed by atoms with E-state index < -0.39 is 9.84 Å². The molecule has 8 rings (SSSR count). The number of amides is 2. The second-order valence-corrected chi connectivity index (χ2v) is 16.4. The summed E-state index contributed by atoms with van der Waals surface area (Å²) < 4.78 is 28.4. The van der Waals surface area contributed by atoms with Gasteiger partial charge in [-0.05, 0) is 97.1 Å². The number of aromatic amines is 2. The van der Waals surface area contributed by atoms with E-state index in [4.69, 9.17) is 51.1 Å². The van der Waals surface area contributed by atoms with Crippen molar-refractivity contribution in [2.75, 3.05) is 24.0 Å². The summed E-state index contributed by atoms with van der Waals surface area (Å²) in [5, 5.41) is 7.55. The number of aromatic nitrogens is 4. The zero-order chi connectivity index (χ0) is 41.1. The molecule has 58 heavy (non-hydrogen) atoms. The molecule has 0 spiro atoms. The van der Waals surface area contributed by atoms with Crippen LogP contribution in [0.25, 0.3) is 44.8 Å². The molecule has 0 saturated heterocycles. The van der Waals surface area contributed by atoms with Crippen molar-refractivity contribution in [1.82, 2.24) is 19.9 Å². The van der Waals surface area contributed by atoms with Crippen molar-refractivity contribution in [3.8, 4) is 28.5 Å². The number of methoxy groups -OCH3 is 1. The number of hydrogen-bond donors (Lipinski definition) is 4. The molecule has 0 aliphatic heterocycles. The third-order valence-corrected chi connectivity index (χ3v) is 11.2. The molecule has 6 aromatic carbocycles. The Morgan fingerprint density at radius 2 is 1.07 bits per heavy atom. The Morgan fingerprint density at radius 1 is 0.603 bits per heavy atom. The molecule has 0 bridgehead atoms. The highest BCUT2D eigenvalue weighted by molar-refractivity contribution is 7.90. The van der Waals surface area contributed by atoms with Gasteiger partial charge in [-0.25, -0.2) is 18.4 Å². The van der Waals surface area contributed by atoms with Crippen LogP contribution in [0.15, 0.2) is 126 Å². The lowest BCUT2D eigenvalue weighted by Gasteiger charge is -2.09. The quantitative estimate of drug-likeness (QED) is 0.118. The van der Waals surface area contributed by atoms with Crippen LogP contribution < -0.4 is 15.4 Å². The van der Waals surface area contributed by atoms with Crippen LogP contribution in [-0.4, -0.2) is 53.5 Å². The molecule has 2 heterocycles. The molecule has 11 nitrogen and oxygen atoms in total. The van der Waals surface area contributed by atoms with Crippen molar-refractivity contribution in [3.05, 3.63) is 153 Å². The van der Waals surface area contributed by atoms with Crippen molar-refractivity contribution in [2.24, 2.45) is 0 Å². The lowest BCUT2D eigenvalue weighted by atomic mass is 10.2. The largest absolute Gasteiger partial charge is 0.495 e. The van der Waals surface area contributed by atoms with Crippen LogP contribution in [0.1, 0.15) is 20.7 Å². The average molecular weight is 873 g/mol. The van der Waals surface area contributed by atoms with Crippen LogP contribution in [0.4, 0.5) is 11.4 Å². The van der Waals surface area contributed by atoms with Gasteiger partial charge >= 0.3 is 0 Å². The van der Waals surface area contributed by atoms with E-state index >= 15 is 0 Å². The lowest BCUT2D eigenvalue weighted by molar-refractivity contribution is 0.101. The van der Waals surface area contributed by atoms with Crippen molar-refractivity contribution < 1.29 is 22.7 Å². The molecule has 0 radical (unpaired) electrons. The molecule has 0 aliphatic rings. The first-order valence-electron chi connectivity index (χ1n) is 17.2. The molecule has 4 N–H and O–H groups in total. The number of imidazole rings is 2. The first kappa shape index (κ1) is 40.3. The highest BCUT2D eigenvalue weighted by Crippen LogP contribution is 2.35. The Hall–Kier alpha value is -5.89. The number of rotatable bonds is 8. The number of nitrogens with one attached hydrogen (secondary N) is 4. The van der Waals surface area contributed by atoms with Gasteiger partial charge < -0.3 is 25.3 Å². The number of H-pyrrole nitrogens is 2. The van der Waals surface area contributed by atoms with E-state index in [9.17, 15) is 18.0 Å². The van der Waals surface area contributed by atoms with Gasteiger partial charge in [0.15, 0.2) is 9.84 Å². The molecule has 0 aliphatic carbocycles. The van der Waals surface area contributed by atoms with Gasteiger partial charge in [-0.1, -0.05) is 70.7 Å². The summed E-state index contributed by atoms with van der Waals surface area (Å²) in [6, 6.07) is 34.0. The zero-order valence-electron chi connectivity index (χ0n) is 30.4. The van der Waals surface area contributed by atoms with E-state index in [1.807, 2.05) is 12.1 Å². The number of benzene rings is 6. The monoisotopic (exact) mass is 870 g/mol. The number of sulfone groups is 1. The van der Waals surface area contributed by atoms with Crippen LogP contribution >= 0.6 is 46.4 Å². The van der Waals surface area contributed by atoms with Crippen LogP contribution in [0.5, 0.6) is 5.75 Å². The van der Waals surface area contributed by atoms with E-state index in [1.54, 1.807) is 104 Å². The van der Waals surface area contributed by atoms with Gasteiger partial charge in [0.1, 0.15) is 17.4 Å². The number of fused-ring (bicyclic) bond motifs is 2. The Balaban J connectivity index is 0.000000177. The first-order valence-corrected chi connectivity index (χ1v) is 20.6. The summed E-state index contributed by atoms with van der Waals surface area (Å²) in [5.74, 6) is 1.06. The molecular formula is C42H30Cl4N6O5S. The molecular weight excluding hydrogens is 842 g/mol. The number of ether oxygens (including phenoxy) is 1. The van der Waals surface area contributed by atoms with Gasteiger partial charge in [0.25, 0.3) is 11.8 Å². The smallest absolute Gasteiger partial charge is 0.255 e. The standard InChI is InChI=1S/C21H15Cl2N3O3S.C21H15Cl2N3O2/c1-30(28,29)14-8-6-13(7-9-14)24-21(27)12-5-10-17-18(11-12)26-20(25-17)19-15(22)3-2-4-16(19)23;1-28-18-8-3-2-7-16(18)26-21(27)12-9-10-15-17(11-12)25-20(24-15)19-13(22)5-4-6-14(19)23/h2-11H,1H3,(H,24,27)(H,25,26);2-11H,1H3,(H,24,25)(H,26,27). The normalized spacial score (nSPS) is 11.2. The predicted molar refractivity (Wildman–Crippen MR) is 232 cm³/mol. The number of anilines is 2. The minimum atomic E-state index is -3.29. The SMILES string of the molecule is COc1ccccc1NC(=O)c1ccc2nc(-c3c(Cl)cccc3Cl)[nH]c2c1.CS(=O)(=O)c1ccc(NC(=O)c2ccc3nc(-c4c(Cl)cccc4Cl)[nH]c3c2)cc1. The maximum atomic E-state index is 12.7. The fraction of sp³-hybridized carbons (Fsp3) is 0.0476. The second-order valence-electron chi connectivity index (χ2n) is 12.7. The number of hydrogen-bond acceptors (Lipinski definition) is 7. The number of carbonyl (C=O) groups is 2. The fourth-order valence-corrected chi connectivity index (χ4v) is 7.70. The minimum absolute atomic E-state index is 0.185. The molecule has 16 heteroatoms. The topological polar surface area (TPSA) is 159 Å². The van der Waals surface area contributed by atoms with E-state index in [-0.39, 0.29) is 16.7 Å². The zero-order valence-corrected chi connectivity index (χ0v) is 34.2. The third kappa shape index (κ3) is 8.81. The fourth-order valence-electron chi connectivity index (χ4n) is 5.92. The molecule has 292 valence electrons. The highest BCUT2D eigenvalue weighted by Gasteiger charge is 2.17. The first-order chi connectivity index (χ1) is 27.8. The van der Waals surface area contributed by atoms with Crippen LogP contribution in [0, 0.1) is 0 Å². The number of carbonyl (C=O) groups excluding carboxylic acids is 2. The predicted octanol–water partition coefficient (Wildman–Crippen LogP) is 11.0. The van der Waals surface area contributed by atoms with E-state index in [2.05, 4.69) is 30.6 Å². The Labute approximate surface area is 352 Å². The van der Waals surface area contributed by atoms with Gasteiger partial charge in [0.05, 0.1) is 71.0 Å². The number of nitrogens with zero attached hydrogens (tertiary/aromatic N) is 2. The maximum Gasteiger partial charge on any atom is 0.255 e. The molecule has 8 aromatic rings. The van der Waals surface area contributed by atoms with Gasteiger partial charge in [0.2, 0.25) is 0 Å². The van der Waals surface area contributed by atoms with Crippen molar-refractivity contribution >= 4 is 101 Å². The Bertz CT molecular complexity index is 2930. The van der Waals surface area contributed by atoms with Crippen LogP contribution in [-0.2, 0) is 9.84 Å². The molecule has 0 unspecified atom stereocenters. The van der Waals surface area contributed by atoms with Gasteiger partial charge in [-0.15, -0.1) is 0 Å². The molecule has 0 saturated carbocycles. The summed E-state index contributed by atoms with van der Waals surface area (Å²) in [7, 11) is -1.74. The molecule has 2 aromatic heterocycles. The summed E-state index contributed by atoms with van der Waals surface area (Å²) in [6.07, 6.45) is 1.13. The minimum Gasteiger partial charge on any atom is -0.495 e. The number of para-hydroxylation sites is 2. The van der Waals surface area contributed by atoms with Gasteiger partial charge in [-0.2, -0.15) is 0 Å². The van der Waals surface area contributed by atoms with Crippen molar-refractivity contribution in [1.29, 1.82) is 0 Å². The summed E-state index contributed by atoms with van der Waals surface area (Å²) in [4.78, 5) is 40.9.